The van der Waals surface area contributed by atoms with Gasteiger partial charge in [-0.05, 0) is 44.2 Å². The molecule has 0 unspecified atom stereocenters. The Morgan fingerprint density at radius 1 is 0.963 bits per heavy atom. The number of pyridine rings is 1. The molecule has 7 heteroatoms. The van der Waals surface area contributed by atoms with Crippen molar-refractivity contribution in [3.63, 3.8) is 0 Å². The van der Waals surface area contributed by atoms with Crippen molar-refractivity contribution >= 4 is 40.1 Å². The highest BCUT2D eigenvalue weighted by molar-refractivity contribution is 6.39. The number of nitrogens with zero attached hydrogens (tertiary/aromatic N) is 1. The van der Waals surface area contributed by atoms with Crippen molar-refractivity contribution < 1.29 is 19.0 Å². The molecule has 140 valence electrons. The number of benzene rings is 2. The largest absolute Gasteiger partial charge is 0.496 e. The van der Waals surface area contributed by atoms with Crippen LogP contribution in [0.15, 0.2) is 30.3 Å². The average molecular weight is 406 g/mol. The normalized spacial score (nSPS) is 10.7. The fourth-order valence-corrected chi connectivity index (χ4v) is 3.30. The molecule has 0 fully saturated rings. The molecule has 3 aromatic rings. The fraction of sp³-hybridized carbons (Fsp3) is 0.200. The van der Waals surface area contributed by atoms with Gasteiger partial charge in [0.1, 0.15) is 17.0 Å². The number of esters is 1. The molecule has 0 spiro atoms. The summed E-state index contributed by atoms with van der Waals surface area (Å²) in [6, 6.07) is 8.34. The first-order valence-corrected chi connectivity index (χ1v) is 8.81. The highest BCUT2D eigenvalue weighted by Crippen LogP contribution is 2.38. The summed E-state index contributed by atoms with van der Waals surface area (Å²) in [5.41, 5.74) is 2.22. The van der Waals surface area contributed by atoms with Gasteiger partial charge in [-0.2, -0.15) is 0 Å². The lowest BCUT2D eigenvalue weighted by molar-refractivity contribution is 0.0736. The van der Waals surface area contributed by atoms with Crippen molar-refractivity contribution in [1.29, 1.82) is 0 Å². The maximum absolute atomic E-state index is 12.8. The van der Waals surface area contributed by atoms with Crippen molar-refractivity contribution in [2.24, 2.45) is 0 Å². The Hall–Kier alpha value is -2.50. The van der Waals surface area contributed by atoms with E-state index >= 15 is 0 Å². The number of hydrogen-bond acceptors (Lipinski definition) is 5. The number of aromatic nitrogens is 1. The van der Waals surface area contributed by atoms with Crippen LogP contribution in [-0.2, 0) is 0 Å². The van der Waals surface area contributed by atoms with Crippen molar-refractivity contribution in [2.75, 3.05) is 14.2 Å². The number of aryl methyl sites for hydroxylation is 1. The van der Waals surface area contributed by atoms with E-state index in [9.17, 15) is 4.79 Å². The maximum atomic E-state index is 12.8. The smallest absolute Gasteiger partial charge is 0.343 e. The Morgan fingerprint density at radius 3 is 2.19 bits per heavy atom. The van der Waals surface area contributed by atoms with Crippen LogP contribution in [0, 0.1) is 13.8 Å². The lowest BCUT2D eigenvalue weighted by Gasteiger charge is -2.14. The van der Waals surface area contributed by atoms with Crippen molar-refractivity contribution in [1.82, 2.24) is 4.98 Å². The first-order chi connectivity index (χ1) is 12.8. The second-order valence-corrected chi connectivity index (χ2v) is 6.73. The fourth-order valence-electron chi connectivity index (χ4n) is 2.74. The lowest BCUT2D eigenvalue weighted by Crippen LogP contribution is -2.11. The quantitative estimate of drug-likeness (QED) is 0.429. The third-order valence-electron chi connectivity index (χ3n) is 4.16. The van der Waals surface area contributed by atoms with Crippen LogP contribution in [0.3, 0.4) is 0 Å². The zero-order valence-corrected chi connectivity index (χ0v) is 16.7. The predicted octanol–water partition coefficient (Wildman–Crippen LogP) is 5.39. The van der Waals surface area contributed by atoms with E-state index in [2.05, 4.69) is 4.98 Å². The molecule has 1 aromatic heterocycles. The Kier molecular flexibility index (Phi) is 5.44. The Labute approximate surface area is 166 Å². The molecular weight excluding hydrogens is 389 g/mol. The topological polar surface area (TPSA) is 57.7 Å². The molecule has 5 nitrogen and oxygen atoms in total. The van der Waals surface area contributed by atoms with E-state index in [1.807, 2.05) is 26.0 Å². The summed E-state index contributed by atoms with van der Waals surface area (Å²) in [6.45, 7) is 3.67. The van der Waals surface area contributed by atoms with Gasteiger partial charge < -0.3 is 14.2 Å². The van der Waals surface area contributed by atoms with Crippen LogP contribution in [0.2, 0.25) is 10.0 Å². The second kappa shape index (κ2) is 7.62. The van der Waals surface area contributed by atoms with Crippen LogP contribution < -0.4 is 14.2 Å². The van der Waals surface area contributed by atoms with E-state index in [4.69, 9.17) is 37.4 Å². The molecule has 0 bridgehead atoms. The third kappa shape index (κ3) is 3.66. The zero-order chi connectivity index (χ0) is 19.7. The molecule has 3 rings (SSSR count). The van der Waals surface area contributed by atoms with Gasteiger partial charge in [0.2, 0.25) is 0 Å². The number of halogens is 2. The van der Waals surface area contributed by atoms with Crippen LogP contribution in [0.1, 0.15) is 21.6 Å². The van der Waals surface area contributed by atoms with Gasteiger partial charge in [0, 0.05) is 16.6 Å². The highest BCUT2D eigenvalue weighted by atomic mass is 35.5. The average Bonchev–Trinajstić information content (AvgIpc) is 2.64. The summed E-state index contributed by atoms with van der Waals surface area (Å²) in [5.74, 6) is 0.577. The summed E-state index contributed by atoms with van der Waals surface area (Å²) in [4.78, 5) is 17.2. The summed E-state index contributed by atoms with van der Waals surface area (Å²) < 4.78 is 16.2. The monoisotopic (exact) mass is 405 g/mol. The van der Waals surface area contributed by atoms with Gasteiger partial charge >= 0.3 is 5.97 Å². The second-order valence-electron chi connectivity index (χ2n) is 5.91. The van der Waals surface area contributed by atoms with Crippen molar-refractivity contribution in [3.05, 3.63) is 57.2 Å². The maximum Gasteiger partial charge on any atom is 0.343 e. The van der Waals surface area contributed by atoms with Gasteiger partial charge in [0.25, 0.3) is 0 Å². The van der Waals surface area contributed by atoms with E-state index in [1.54, 1.807) is 12.1 Å². The van der Waals surface area contributed by atoms with Crippen LogP contribution >= 0.6 is 23.2 Å². The Balaban J connectivity index is 2.08. The van der Waals surface area contributed by atoms with Gasteiger partial charge in [-0.3, -0.25) is 0 Å². The first-order valence-electron chi connectivity index (χ1n) is 8.06. The number of fused-ring (bicyclic) bond motifs is 1. The van der Waals surface area contributed by atoms with Gasteiger partial charge in [-0.15, -0.1) is 0 Å². The molecule has 0 saturated heterocycles. The van der Waals surface area contributed by atoms with Crippen LogP contribution in [0.25, 0.3) is 10.9 Å². The Bertz CT molecular complexity index is 1020. The summed E-state index contributed by atoms with van der Waals surface area (Å²) in [6.07, 6.45) is 0. The van der Waals surface area contributed by atoms with Gasteiger partial charge in [-0.25, -0.2) is 9.78 Å². The van der Waals surface area contributed by atoms with Crippen LogP contribution in [0.4, 0.5) is 0 Å². The van der Waals surface area contributed by atoms with Crippen LogP contribution in [0.5, 0.6) is 17.2 Å². The molecule has 0 saturated carbocycles. The minimum absolute atomic E-state index is 0.156. The van der Waals surface area contributed by atoms with Crippen molar-refractivity contribution in [3.8, 4) is 17.2 Å². The molecule has 1 heterocycles. The number of carbonyl (C=O) groups is 1. The molecule has 0 atom stereocenters. The zero-order valence-electron chi connectivity index (χ0n) is 15.2. The third-order valence-corrected chi connectivity index (χ3v) is 4.75. The van der Waals surface area contributed by atoms with Crippen molar-refractivity contribution in [2.45, 2.75) is 13.8 Å². The van der Waals surface area contributed by atoms with E-state index in [0.717, 1.165) is 11.3 Å². The Morgan fingerprint density at radius 2 is 1.59 bits per heavy atom. The van der Waals surface area contributed by atoms with E-state index in [0.29, 0.717) is 27.4 Å². The number of methoxy groups -OCH3 is 2. The minimum atomic E-state index is -0.611. The van der Waals surface area contributed by atoms with E-state index in [1.165, 1.54) is 20.3 Å². The molecule has 27 heavy (non-hydrogen) atoms. The molecular formula is C20H17Cl2NO4. The standard InChI is InChI=1S/C20H17Cl2NO4/c1-10-5-6-13-14(21)9-15(22)19(18(13)23-10)27-20(24)12-7-16(25-3)11(2)17(8-12)26-4/h5-9H,1-4H3. The van der Waals surface area contributed by atoms with Gasteiger partial charge in [0.15, 0.2) is 5.75 Å². The molecule has 2 aromatic carbocycles. The van der Waals surface area contributed by atoms with Gasteiger partial charge in [0.05, 0.1) is 29.8 Å². The first kappa shape index (κ1) is 19.3. The van der Waals surface area contributed by atoms with E-state index < -0.39 is 5.97 Å². The number of ether oxygens (including phenoxy) is 3. The molecule has 0 aliphatic carbocycles. The predicted molar refractivity (Wildman–Crippen MR) is 106 cm³/mol. The van der Waals surface area contributed by atoms with E-state index in [-0.39, 0.29) is 16.3 Å². The summed E-state index contributed by atoms with van der Waals surface area (Å²) in [5, 5.41) is 1.28. The highest BCUT2D eigenvalue weighted by Gasteiger charge is 2.20. The minimum Gasteiger partial charge on any atom is -0.496 e. The number of carbonyl (C=O) groups excluding carboxylic acids is 1. The summed E-state index contributed by atoms with van der Waals surface area (Å²) >= 11 is 12.5. The summed E-state index contributed by atoms with van der Waals surface area (Å²) in [7, 11) is 3.04. The number of hydrogen-bond donors (Lipinski definition) is 0. The molecule has 0 N–H and O–H groups in total. The van der Waals surface area contributed by atoms with Gasteiger partial charge in [-0.1, -0.05) is 23.2 Å². The molecule has 0 amide bonds. The van der Waals surface area contributed by atoms with Crippen LogP contribution in [-0.4, -0.2) is 25.2 Å². The molecule has 0 aliphatic rings. The SMILES string of the molecule is COc1cc(C(=O)Oc2c(Cl)cc(Cl)c3ccc(C)nc23)cc(OC)c1C. The number of rotatable bonds is 4. The molecule has 0 aliphatic heterocycles. The molecule has 0 radical (unpaired) electrons. The lowest BCUT2D eigenvalue weighted by atomic mass is 10.1.